The lowest BCUT2D eigenvalue weighted by atomic mass is 9.49. The number of benzene rings is 10. The smallest absolute Gasteiger partial charge is 0.135 e. The van der Waals surface area contributed by atoms with Crippen molar-refractivity contribution in [3.05, 3.63) is 181 Å². The lowest BCUT2D eigenvalue weighted by molar-refractivity contribution is 0.0965. The first-order valence-corrected chi connectivity index (χ1v) is 21.4. The molecule has 0 radical (unpaired) electrons. The Morgan fingerprint density at radius 2 is 0.800 bits per heavy atom. The van der Waals surface area contributed by atoms with E-state index in [1.807, 2.05) is 6.07 Å². The predicted molar refractivity (Wildman–Crippen MR) is 257 cm³/mol. The van der Waals surface area contributed by atoms with Crippen LogP contribution >= 0.6 is 0 Å². The molecule has 0 N–H and O–H groups in total. The molecule has 1 aliphatic carbocycles. The van der Waals surface area contributed by atoms with Gasteiger partial charge in [0, 0.05) is 16.2 Å². The van der Waals surface area contributed by atoms with Crippen molar-refractivity contribution in [2.45, 2.75) is 47.0 Å². The van der Waals surface area contributed by atoms with Gasteiger partial charge in [0.1, 0.15) is 11.2 Å². The summed E-state index contributed by atoms with van der Waals surface area (Å²) in [7, 11) is 0. The van der Waals surface area contributed by atoms with Crippen molar-refractivity contribution in [3.63, 3.8) is 0 Å². The Bertz CT molecular complexity index is 3550. The fraction of sp³-hybridized carbons (Fsp3) is 0.153. The van der Waals surface area contributed by atoms with Crippen LogP contribution in [0.2, 0.25) is 0 Å². The van der Waals surface area contributed by atoms with Crippen LogP contribution in [0.5, 0.6) is 0 Å². The maximum Gasteiger partial charge on any atom is 0.135 e. The summed E-state index contributed by atoms with van der Waals surface area (Å²) in [4.78, 5) is 0. The third kappa shape index (κ3) is 4.58. The summed E-state index contributed by atoms with van der Waals surface area (Å²) < 4.78 is 6.26. The lowest BCUT2D eigenvalue weighted by Gasteiger charge is -2.53. The largest absolute Gasteiger partial charge is 0.456 e. The Balaban J connectivity index is 1.14. The quantitative estimate of drug-likeness (QED) is 0.126. The molecular formula is C59H46O. The van der Waals surface area contributed by atoms with E-state index in [2.05, 4.69) is 205 Å². The average molecular weight is 771 g/mol. The van der Waals surface area contributed by atoms with Gasteiger partial charge >= 0.3 is 0 Å². The molecule has 0 saturated carbocycles. The fourth-order valence-electron chi connectivity index (χ4n) is 12.2. The number of para-hydroxylation sites is 1. The van der Waals surface area contributed by atoms with Crippen LogP contribution in [0.4, 0.5) is 0 Å². The van der Waals surface area contributed by atoms with Crippen LogP contribution in [0.25, 0.3) is 109 Å². The zero-order valence-corrected chi connectivity index (χ0v) is 35.1. The number of hydrogen-bond donors (Lipinski definition) is 0. The summed E-state index contributed by atoms with van der Waals surface area (Å²) in [5.41, 5.74) is 12.0. The second-order valence-electron chi connectivity index (χ2n) is 19.2. The van der Waals surface area contributed by atoms with E-state index in [1.54, 1.807) is 0 Å². The molecule has 1 heterocycles. The molecular weight excluding hydrogens is 725 g/mol. The molecule has 0 unspecified atom stereocenters. The minimum absolute atomic E-state index is 0.101. The minimum Gasteiger partial charge on any atom is -0.456 e. The zero-order valence-electron chi connectivity index (χ0n) is 35.1. The van der Waals surface area contributed by atoms with Gasteiger partial charge in [-0.1, -0.05) is 175 Å². The molecule has 288 valence electrons. The molecule has 1 aliphatic rings. The fourth-order valence-corrected chi connectivity index (χ4v) is 12.2. The van der Waals surface area contributed by atoms with E-state index in [4.69, 9.17) is 4.42 Å². The van der Waals surface area contributed by atoms with E-state index in [0.29, 0.717) is 0 Å². The molecule has 0 bridgehead atoms. The van der Waals surface area contributed by atoms with Gasteiger partial charge in [-0.2, -0.15) is 0 Å². The normalized spacial score (nSPS) is 14.0. The number of hydrogen-bond acceptors (Lipinski definition) is 1. The molecule has 0 fully saturated rings. The van der Waals surface area contributed by atoms with Crippen molar-refractivity contribution < 1.29 is 4.42 Å². The van der Waals surface area contributed by atoms with Crippen LogP contribution in [0.3, 0.4) is 0 Å². The Kier molecular flexibility index (Phi) is 7.16. The van der Waals surface area contributed by atoms with Crippen molar-refractivity contribution in [1.82, 2.24) is 0 Å². The van der Waals surface area contributed by atoms with Gasteiger partial charge in [-0.3, -0.25) is 0 Å². The van der Waals surface area contributed by atoms with Crippen LogP contribution in [0.15, 0.2) is 174 Å². The highest BCUT2D eigenvalue weighted by molar-refractivity contribution is 6.23. The monoisotopic (exact) mass is 770 g/mol. The number of rotatable bonds is 2. The second-order valence-corrected chi connectivity index (χ2v) is 19.2. The van der Waals surface area contributed by atoms with E-state index in [-0.39, 0.29) is 16.2 Å². The molecule has 60 heavy (non-hydrogen) atoms. The predicted octanol–water partition coefficient (Wildman–Crippen LogP) is 17.0. The van der Waals surface area contributed by atoms with Gasteiger partial charge in [-0.25, -0.2) is 0 Å². The molecule has 1 nitrogen and oxygen atoms in total. The van der Waals surface area contributed by atoms with Gasteiger partial charge in [-0.05, 0) is 146 Å². The van der Waals surface area contributed by atoms with Crippen molar-refractivity contribution in [2.24, 2.45) is 10.8 Å². The van der Waals surface area contributed by atoms with Crippen molar-refractivity contribution >= 4 is 75.8 Å². The first-order valence-electron chi connectivity index (χ1n) is 21.4. The van der Waals surface area contributed by atoms with Crippen molar-refractivity contribution in [3.8, 4) is 33.4 Å². The summed E-state index contributed by atoms with van der Waals surface area (Å²) in [6.45, 7) is 14.8. The summed E-state index contributed by atoms with van der Waals surface area (Å²) in [6, 6.07) is 63.6. The van der Waals surface area contributed by atoms with Crippen molar-refractivity contribution in [1.29, 1.82) is 0 Å². The Morgan fingerprint density at radius 1 is 0.350 bits per heavy atom. The maximum atomic E-state index is 6.26. The van der Waals surface area contributed by atoms with Gasteiger partial charge in [0.25, 0.3) is 0 Å². The van der Waals surface area contributed by atoms with E-state index < -0.39 is 0 Å². The Labute approximate surface area is 350 Å². The molecule has 0 amide bonds. The second kappa shape index (κ2) is 12.2. The molecule has 0 spiro atoms. The van der Waals surface area contributed by atoms with Crippen LogP contribution in [0.1, 0.15) is 52.7 Å². The van der Waals surface area contributed by atoms with Gasteiger partial charge < -0.3 is 4.42 Å². The van der Waals surface area contributed by atoms with Gasteiger partial charge in [0.2, 0.25) is 0 Å². The first kappa shape index (κ1) is 35.3. The van der Waals surface area contributed by atoms with Crippen LogP contribution in [-0.2, 0) is 5.41 Å². The molecule has 11 aromatic rings. The zero-order chi connectivity index (χ0) is 40.7. The standard InChI is InChI=1S/C59H46O/c1-57(2,3)59(58(4,5)6)50-34-38-31-36(28-27-35(38)32-49(50)55-42-20-9-7-17-39(42)40-18-8-14-25-47(40)56(55)59)53-43-21-10-12-23-45(43)54(46-24-13-11-22-44(46)53)37-29-30-52-48(33-37)41-19-15-16-26-51(41)60-52/h7-34H,1-6H3. The molecule has 12 rings (SSSR count). The van der Waals surface area contributed by atoms with E-state index in [1.165, 1.54) is 98.4 Å². The van der Waals surface area contributed by atoms with Crippen molar-refractivity contribution in [2.75, 3.05) is 0 Å². The van der Waals surface area contributed by atoms with Crippen LogP contribution in [0, 0.1) is 10.8 Å². The summed E-state index contributed by atoms with van der Waals surface area (Å²) >= 11 is 0. The van der Waals surface area contributed by atoms with E-state index in [9.17, 15) is 0 Å². The summed E-state index contributed by atoms with van der Waals surface area (Å²) in [6.07, 6.45) is 0. The third-order valence-electron chi connectivity index (χ3n) is 14.1. The summed E-state index contributed by atoms with van der Waals surface area (Å²) in [5.74, 6) is 0. The highest BCUT2D eigenvalue weighted by Gasteiger charge is 2.58. The van der Waals surface area contributed by atoms with E-state index >= 15 is 0 Å². The van der Waals surface area contributed by atoms with Crippen LogP contribution < -0.4 is 0 Å². The van der Waals surface area contributed by atoms with Gasteiger partial charge in [0.15, 0.2) is 0 Å². The molecule has 1 aromatic heterocycles. The number of fused-ring (bicyclic) bond motifs is 14. The maximum absolute atomic E-state index is 6.26. The van der Waals surface area contributed by atoms with Gasteiger partial charge in [0.05, 0.1) is 0 Å². The Hall–Kier alpha value is -6.70. The number of furan rings is 1. The lowest BCUT2D eigenvalue weighted by Crippen LogP contribution is -2.50. The average Bonchev–Trinajstić information content (AvgIpc) is 3.78. The minimum atomic E-state index is -0.277. The topological polar surface area (TPSA) is 13.1 Å². The Morgan fingerprint density at radius 3 is 1.38 bits per heavy atom. The highest BCUT2D eigenvalue weighted by Crippen LogP contribution is 2.67. The molecule has 0 aliphatic heterocycles. The first-order chi connectivity index (χ1) is 29.0. The third-order valence-corrected chi connectivity index (χ3v) is 14.1. The highest BCUT2D eigenvalue weighted by atomic mass is 16.3. The van der Waals surface area contributed by atoms with Crippen LogP contribution in [-0.4, -0.2) is 0 Å². The van der Waals surface area contributed by atoms with E-state index in [0.717, 1.165) is 21.9 Å². The molecule has 1 heteroatoms. The summed E-state index contributed by atoms with van der Waals surface area (Å²) in [5, 5.41) is 15.2. The molecule has 0 atom stereocenters. The SMILES string of the molecule is CC(C)(C)C1(C(C)(C)C)c2cc3cc(-c4c5ccccc5c(-c5ccc6oc7ccccc7c6c5)c5ccccc45)ccc3cc2-c2c1c1ccccc1c1ccccc21. The molecule has 10 aromatic carbocycles. The molecule has 0 saturated heterocycles. The van der Waals surface area contributed by atoms with Gasteiger partial charge in [-0.15, -0.1) is 0 Å².